The van der Waals surface area contributed by atoms with Gasteiger partial charge < -0.3 is 10.6 Å². The number of rotatable bonds is 5. The van der Waals surface area contributed by atoms with E-state index in [2.05, 4.69) is 10.6 Å². The molecule has 0 radical (unpaired) electrons. The molecular formula is C13H13ClF3N3O5S. The summed E-state index contributed by atoms with van der Waals surface area (Å²) in [7, 11) is -3.20. The maximum atomic E-state index is 12.8. The molecule has 26 heavy (non-hydrogen) atoms. The van der Waals surface area contributed by atoms with Crippen molar-refractivity contribution in [1.29, 1.82) is 0 Å². The second kappa shape index (κ2) is 7.27. The third-order valence-corrected chi connectivity index (χ3v) is 5.71. The molecule has 1 aliphatic heterocycles. The Morgan fingerprint density at radius 3 is 2.54 bits per heavy atom. The summed E-state index contributed by atoms with van der Waals surface area (Å²) < 4.78 is 61.0. The van der Waals surface area contributed by atoms with Gasteiger partial charge in [-0.25, -0.2) is 8.42 Å². The molecule has 0 aliphatic carbocycles. The molecule has 1 amide bonds. The zero-order chi connectivity index (χ0) is 19.7. The van der Waals surface area contributed by atoms with E-state index in [0.717, 1.165) is 6.07 Å². The van der Waals surface area contributed by atoms with Gasteiger partial charge in [-0.3, -0.25) is 14.9 Å². The Bertz CT molecular complexity index is 844. The molecule has 1 unspecified atom stereocenters. The number of hydrogen-bond donors (Lipinski definition) is 2. The van der Waals surface area contributed by atoms with E-state index in [0.29, 0.717) is 0 Å². The van der Waals surface area contributed by atoms with Crippen molar-refractivity contribution in [3.8, 4) is 0 Å². The van der Waals surface area contributed by atoms with E-state index in [9.17, 15) is 36.5 Å². The normalized spacial score (nSPS) is 19.2. The summed E-state index contributed by atoms with van der Waals surface area (Å²) in [5, 5.41) is 15.0. The van der Waals surface area contributed by atoms with Crippen LogP contribution >= 0.6 is 11.6 Å². The molecule has 1 aromatic rings. The lowest BCUT2D eigenvalue weighted by molar-refractivity contribution is -0.384. The Hall–Kier alpha value is -2.08. The number of nitrogens with zero attached hydrogens (tertiary/aromatic N) is 1. The quantitative estimate of drug-likeness (QED) is 0.560. The van der Waals surface area contributed by atoms with Gasteiger partial charge in [0.1, 0.15) is 5.69 Å². The molecule has 8 nitrogen and oxygen atoms in total. The van der Waals surface area contributed by atoms with E-state index < -0.39 is 55.7 Å². The number of alkyl halides is 3. The number of amides is 1. The average Bonchev–Trinajstić information content (AvgIpc) is 2.82. The monoisotopic (exact) mass is 415 g/mol. The van der Waals surface area contributed by atoms with Crippen LogP contribution in [0, 0.1) is 10.1 Å². The summed E-state index contributed by atoms with van der Waals surface area (Å²) in [6, 6.07) is 0.433. The maximum absolute atomic E-state index is 12.8. The molecule has 144 valence electrons. The first-order valence-corrected chi connectivity index (χ1v) is 9.38. The number of carbonyl (C=O) groups is 1. The predicted molar refractivity (Wildman–Crippen MR) is 86.8 cm³/mol. The van der Waals surface area contributed by atoms with Gasteiger partial charge in [0.15, 0.2) is 9.84 Å². The van der Waals surface area contributed by atoms with Crippen molar-refractivity contribution in [2.45, 2.75) is 18.6 Å². The van der Waals surface area contributed by atoms with Crippen molar-refractivity contribution < 1.29 is 31.3 Å². The maximum Gasteiger partial charge on any atom is 0.418 e. The number of sulfone groups is 1. The van der Waals surface area contributed by atoms with Gasteiger partial charge >= 0.3 is 6.18 Å². The molecule has 1 atom stereocenters. The number of hydrogen-bond acceptors (Lipinski definition) is 6. The molecule has 0 saturated carbocycles. The van der Waals surface area contributed by atoms with Crippen molar-refractivity contribution in [2.75, 3.05) is 23.4 Å². The highest BCUT2D eigenvalue weighted by atomic mass is 35.5. The second-order valence-electron chi connectivity index (χ2n) is 5.63. The molecule has 2 rings (SSSR count). The number of carbonyl (C=O) groups excluding carboxylic acids is 1. The van der Waals surface area contributed by atoms with Gasteiger partial charge in [-0.15, -0.1) is 0 Å². The molecule has 1 aliphatic rings. The predicted octanol–water partition coefficient (Wildman–Crippen LogP) is 1.98. The van der Waals surface area contributed by atoms with Crippen molar-refractivity contribution in [2.24, 2.45) is 0 Å². The number of nitro groups is 1. The zero-order valence-electron chi connectivity index (χ0n) is 13.0. The number of anilines is 1. The molecule has 13 heteroatoms. The molecule has 1 saturated heterocycles. The molecule has 0 aromatic heterocycles. The number of halogens is 4. The fraction of sp³-hybridized carbons (Fsp3) is 0.462. The minimum Gasteiger partial charge on any atom is -0.371 e. The van der Waals surface area contributed by atoms with Crippen LogP contribution in [0.15, 0.2) is 12.1 Å². The van der Waals surface area contributed by atoms with Gasteiger partial charge in [-0.05, 0) is 12.5 Å². The van der Waals surface area contributed by atoms with Crippen molar-refractivity contribution in [3.63, 3.8) is 0 Å². The van der Waals surface area contributed by atoms with Crippen LogP contribution in [0.2, 0.25) is 5.02 Å². The molecule has 0 spiro atoms. The highest BCUT2D eigenvalue weighted by molar-refractivity contribution is 7.91. The van der Waals surface area contributed by atoms with Gasteiger partial charge in [0.2, 0.25) is 5.91 Å². The molecule has 1 aromatic carbocycles. The van der Waals surface area contributed by atoms with Crippen molar-refractivity contribution >= 4 is 38.7 Å². The van der Waals surface area contributed by atoms with E-state index in [-0.39, 0.29) is 29.7 Å². The van der Waals surface area contributed by atoms with Crippen molar-refractivity contribution in [1.82, 2.24) is 5.32 Å². The van der Waals surface area contributed by atoms with Crippen LogP contribution < -0.4 is 10.6 Å². The van der Waals surface area contributed by atoms with Gasteiger partial charge in [0.05, 0.1) is 33.6 Å². The summed E-state index contributed by atoms with van der Waals surface area (Å²) in [6.07, 6.45) is -4.62. The topological polar surface area (TPSA) is 118 Å². The lowest BCUT2D eigenvalue weighted by atomic mass is 10.1. The number of nitrogens with one attached hydrogen (secondary N) is 2. The Balaban J connectivity index is 2.10. The Kier molecular flexibility index (Phi) is 5.66. The third kappa shape index (κ3) is 4.97. The molecule has 2 N–H and O–H groups in total. The van der Waals surface area contributed by atoms with E-state index in [1.165, 1.54) is 0 Å². The molecule has 1 fully saturated rings. The lowest BCUT2D eigenvalue weighted by Gasteiger charge is -2.14. The van der Waals surface area contributed by atoms with Crippen LogP contribution in [0.1, 0.15) is 12.0 Å². The average molecular weight is 416 g/mol. The molecular weight excluding hydrogens is 403 g/mol. The van der Waals surface area contributed by atoms with Crippen LogP contribution in [0.4, 0.5) is 24.5 Å². The van der Waals surface area contributed by atoms with Crippen LogP contribution in [-0.2, 0) is 20.8 Å². The van der Waals surface area contributed by atoms with Gasteiger partial charge in [0, 0.05) is 12.1 Å². The Morgan fingerprint density at radius 2 is 2.04 bits per heavy atom. The standard InChI is InChI=1S/C13H13ClF3N3O5S/c14-9-4-10(11(20(22)23)3-8(9)13(15,16)17)18-5-12(21)19-7-1-2-26(24,25)6-7/h3-4,7,18H,1-2,5-6H2,(H,19,21). The summed E-state index contributed by atoms with van der Waals surface area (Å²) in [5.74, 6) is -0.909. The van der Waals surface area contributed by atoms with Gasteiger partial charge in [-0.2, -0.15) is 13.2 Å². The van der Waals surface area contributed by atoms with Crippen LogP contribution in [-0.4, -0.2) is 43.3 Å². The van der Waals surface area contributed by atoms with Gasteiger partial charge in [0.25, 0.3) is 5.69 Å². The van der Waals surface area contributed by atoms with Crippen LogP contribution in [0.25, 0.3) is 0 Å². The van der Waals surface area contributed by atoms with Crippen molar-refractivity contribution in [3.05, 3.63) is 32.8 Å². The highest BCUT2D eigenvalue weighted by Gasteiger charge is 2.36. The zero-order valence-corrected chi connectivity index (χ0v) is 14.5. The first-order chi connectivity index (χ1) is 11.9. The smallest absolute Gasteiger partial charge is 0.371 e. The third-order valence-electron chi connectivity index (χ3n) is 3.62. The lowest BCUT2D eigenvalue weighted by Crippen LogP contribution is -2.39. The first kappa shape index (κ1) is 20.2. The SMILES string of the molecule is O=C(CNc1cc(Cl)c(C(F)(F)F)cc1[N+](=O)[O-])NC1CCS(=O)(=O)C1. The van der Waals surface area contributed by atoms with E-state index in [1.54, 1.807) is 0 Å². The Morgan fingerprint density at radius 1 is 1.38 bits per heavy atom. The fourth-order valence-electron chi connectivity index (χ4n) is 2.43. The highest BCUT2D eigenvalue weighted by Crippen LogP contribution is 2.40. The first-order valence-electron chi connectivity index (χ1n) is 7.18. The summed E-state index contributed by atoms with van der Waals surface area (Å²) in [4.78, 5) is 21.8. The van der Waals surface area contributed by atoms with Crippen LogP contribution in [0.3, 0.4) is 0 Å². The van der Waals surface area contributed by atoms with Crippen LogP contribution in [0.5, 0.6) is 0 Å². The minimum absolute atomic E-state index is 0.0502. The second-order valence-corrected chi connectivity index (χ2v) is 8.26. The minimum atomic E-state index is -4.87. The summed E-state index contributed by atoms with van der Waals surface area (Å²) >= 11 is 5.53. The largest absolute Gasteiger partial charge is 0.418 e. The van der Waals surface area contributed by atoms with Gasteiger partial charge in [-0.1, -0.05) is 11.6 Å². The summed E-state index contributed by atoms with van der Waals surface area (Å²) in [5.41, 5.74) is -2.61. The molecule has 0 bridgehead atoms. The molecule has 1 heterocycles. The number of nitro benzene ring substituents is 1. The van der Waals surface area contributed by atoms with E-state index in [1.807, 2.05) is 0 Å². The number of benzene rings is 1. The summed E-state index contributed by atoms with van der Waals surface area (Å²) in [6.45, 7) is -0.501. The Labute approximate surface area is 150 Å². The van der Waals surface area contributed by atoms with E-state index in [4.69, 9.17) is 11.6 Å². The van der Waals surface area contributed by atoms with E-state index >= 15 is 0 Å². The fourth-order valence-corrected chi connectivity index (χ4v) is 4.38.